The molecule has 12 heteroatoms. The molecule has 2 aromatic carbocycles. The quantitative estimate of drug-likeness (QED) is 0.279. The summed E-state index contributed by atoms with van der Waals surface area (Å²) in [7, 11) is 0. The number of β-amino-alcohol motifs (C(OH)–C–C–N with tert-alkyl or cyclic N) is 1. The zero-order valence-electron chi connectivity index (χ0n) is 22.7. The highest BCUT2D eigenvalue weighted by Crippen LogP contribution is 2.26. The molecular weight excluding hydrogens is 547 g/mol. The third-order valence-corrected chi connectivity index (χ3v) is 7.17. The second-order valence-electron chi connectivity index (χ2n) is 9.74. The third-order valence-electron chi connectivity index (χ3n) is 6.85. The number of aryl methyl sites for hydroxylation is 2. The number of carbonyl (C=O) groups excluding carboxylic acids is 1. The van der Waals surface area contributed by atoms with Crippen LogP contribution < -0.4 is 15.5 Å². The summed E-state index contributed by atoms with van der Waals surface area (Å²) in [5.41, 5.74) is 2.80. The molecule has 1 saturated heterocycles. The maximum Gasteiger partial charge on any atom is 0.257 e. The first-order chi connectivity index (χ1) is 19.8. The average molecular weight is 577 g/mol. The molecule has 10 nitrogen and oxygen atoms in total. The van der Waals surface area contributed by atoms with E-state index in [0.29, 0.717) is 64.6 Å². The zero-order chi connectivity index (χ0) is 28.9. The summed E-state index contributed by atoms with van der Waals surface area (Å²) in [5, 5.41) is 15.6. The van der Waals surface area contributed by atoms with Gasteiger partial charge in [0.1, 0.15) is 11.6 Å². The fraction of sp³-hybridized carbons (Fsp3) is 0.276. The third kappa shape index (κ3) is 6.76. The largest absolute Gasteiger partial charge is 0.395 e. The standard InChI is InChI=1S/C29H30ClFN8O2/c1-18-6-7-20(16-23(18)31)26-35-28(37-29(36-26)39-12-10-38(11-13-39)14-15-40)33-24-9-8-21(17-32-24)27(41)34-25-19(2)4-3-5-22(25)30/h3-9,16-17,40H,10-15H2,1-2H3,(H,34,41)(H,32,33,35,36,37). The van der Waals surface area contributed by atoms with Crippen molar-refractivity contribution in [2.45, 2.75) is 13.8 Å². The van der Waals surface area contributed by atoms with Crippen LogP contribution in [0.25, 0.3) is 11.4 Å². The number of aromatic nitrogens is 4. The van der Waals surface area contributed by atoms with Gasteiger partial charge in [0.25, 0.3) is 5.91 Å². The number of hydrogen-bond acceptors (Lipinski definition) is 9. The van der Waals surface area contributed by atoms with Gasteiger partial charge in [0.2, 0.25) is 11.9 Å². The molecule has 0 radical (unpaired) electrons. The van der Waals surface area contributed by atoms with Gasteiger partial charge in [-0.1, -0.05) is 35.9 Å². The Morgan fingerprint density at radius 2 is 1.83 bits per heavy atom. The smallest absolute Gasteiger partial charge is 0.257 e. The maximum atomic E-state index is 14.4. The number of rotatable bonds is 8. The summed E-state index contributed by atoms with van der Waals surface area (Å²) in [6.07, 6.45) is 1.45. The van der Waals surface area contributed by atoms with E-state index in [1.54, 1.807) is 37.3 Å². The Morgan fingerprint density at radius 3 is 2.51 bits per heavy atom. The van der Waals surface area contributed by atoms with Crippen molar-refractivity contribution < 1.29 is 14.3 Å². The Morgan fingerprint density at radius 1 is 1.02 bits per heavy atom. The van der Waals surface area contributed by atoms with E-state index in [1.807, 2.05) is 24.0 Å². The van der Waals surface area contributed by atoms with Gasteiger partial charge in [-0.25, -0.2) is 9.37 Å². The lowest BCUT2D eigenvalue weighted by atomic mass is 10.1. The predicted molar refractivity (Wildman–Crippen MR) is 157 cm³/mol. The van der Waals surface area contributed by atoms with E-state index in [4.69, 9.17) is 11.6 Å². The number of carbonyl (C=O) groups is 1. The number of nitrogens with one attached hydrogen (secondary N) is 2. The van der Waals surface area contributed by atoms with Gasteiger partial charge in [-0.3, -0.25) is 9.69 Å². The van der Waals surface area contributed by atoms with E-state index in [1.165, 1.54) is 12.3 Å². The molecule has 1 amide bonds. The Balaban J connectivity index is 1.38. The summed E-state index contributed by atoms with van der Waals surface area (Å²) in [5.74, 6) is 0.737. The molecule has 3 heterocycles. The van der Waals surface area contributed by atoms with E-state index < -0.39 is 0 Å². The lowest BCUT2D eigenvalue weighted by Crippen LogP contribution is -2.47. The maximum absolute atomic E-state index is 14.4. The number of aliphatic hydroxyl groups is 1. The normalized spacial score (nSPS) is 13.7. The lowest BCUT2D eigenvalue weighted by Gasteiger charge is -2.34. The van der Waals surface area contributed by atoms with Gasteiger partial charge in [-0.15, -0.1) is 0 Å². The van der Waals surface area contributed by atoms with Gasteiger partial charge < -0.3 is 20.6 Å². The van der Waals surface area contributed by atoms with Gasteiger partial charge in [-0.05, 0) is 49.2 Å². The van der Waals surface area contributed by atoms with Crippen molar-refractivity contribution in [3.05, 3.63) is 82.3 Å². The van der Waals surface area contributed by atoms with Gasteiger partial charge >= 0.3 is 0 Å². The first-order valence-electron chi connectivity index (χ1n) is 13.2. The average Bonchev–Trinajstić information content (AvgIpc) is 2.97. The molecule has 0 atom stereocenters. The van der Waals surface area contributed by atoms with E-state index in [0.717, 1.165) is 18.7 Å². The molecule has 0 saturated carbocycles. The van der Waals surface area contributed by atoms with Gasteiger partial charge in [0.05, 0.1) is 22.9 Å². The molecule has 3 N–H and O–H groups in total. The molecule has 0 aliphatic carbocycles. The molecule has 0 unspecified atom stereocenters. The van der Waals surface area contributed by atoms with Crippen molar-refractivity contribution in [2.75, 3.05) is 54.9 Å². The van der Waals surface area contributed by atoms with Crippen molar-refractivity contribution in [3.63, 3.8) is 0 Å². The molecule has 1 aliphatic heterocycles. The minimum absolute atomic E-state index is 0.107. The number of hydrogen-bond donors (Lipinski definition) is 3. The molecule has 212 valence electrons. The summed E-state index contributed by atoms with van der Waals surface area (Å²) < 4.78 is 14.4. The van der Waals surface area contributed by atoms with Crippen LogP contribution in [0.2, 0.25) is 5.02 Å². The second kappa shape index (κ2) is 12.5. The Kier molecular flexibility index (Phi) is 8.67. The van der Waals surface area contributed by atoms with Crippen molar-refractivity contribution in [3.8, 4) is 11.4 Å². The minimum atomic E-state index is -0.348. The summed E-state index contributed by atoms with van der Waals surface area (Å²) in [4.78, 5) is 35.2. The monoisotopic (exact) mass is 576 g/mol. The number of nitrogens with zero attached hydrogens (tertiary/aromatic N) is 6. The first-order valence-corrected chi connectivity index (χ1v) is 13.6. The van der Waals surface area contributed by atoms with Crippen LogP contribution in [0, 0.1) is 19.7 Å². The predicted octanol–water partition coefficient (Wildman–Crippen LogP) is 4.45. The van der Waals surface area contributed by atoms with Crippen LogP contribution in [-0.2, 0) is 0 Å². The Hall–Kier alpha value is -4.19. The number of anilines is 4. The van der Waals surface area contributed by atoms with Crippen LogP contribution in [0.5, 0.6) is 0 Å². The van der Waals surface area contributed by atoms with Crippen molar-refractivity contribution in [2.24, 2.45) is 0 Å². The molecule has 5 rings (SSSR count). The van der Waals surface area contributed by atoms with E-state index >= 15 is 0 Å². The SMILES string of the molecule is Cc1ccc(-c2nc(Nc3ccc(C(=O)Nc4c(C)cccc4Cl)cn3)nc(N3CCN(CCO)CC3)n2)cc1F. The van der Waals surface area contributed by atoms with Crippen LogP contribution in [0.3, 0.4) is 0 Å². The molecular formula is C29H30ClFN8O2. The Labute approximate surface area is 242 Å². The fourth-order valence-corrected chi connectivity index (χ4v) is 4.70. The van der Waals surface area contributed by atoms with E-state index in [2.05, 4.69) is 35.5 Å². The minimum Gasteiger partial charge on any atom is -0.395 e. The van der Waals surface area contributed by atoms with Crippen LogP contribution in [0.1, 0.15) is 21.5 Å². The highest BCUT2D eigenvalue weighted by Gasteiger charge is 2.21. The topological polar surface area (TPSA) is 119 Å². The number of para-hydroxylation sites is 1. The van der Waals surface area contributed by atoms with Crippen LogP contribution in [0.4, 0.5) is 27.8 Å². The van der Waals surface area contributed by atoms with Crippen LogP contribution >= 0.6 is 11.6 Å². The molecule has 0 spiro atoms. The van der Waals surface area contributed by atoms with Crippen molar-refractivity contribution in [1.29, 1.82) is 0 Å². The number of benzene rings is 2. The number of halogens is 2. The van der Waals surface area contributed by atoms with E-state index in [9.17, 15) is 14.3 Å². The van der Waals surface area contributed by atoms with Gasteiger partial charge in [0.15, 0.2) is 5.82 Å². The number of amides is 1. The Bertz CT molecular complexity index is 1520. The molecule has 0 bridgehead atoms. The zero-order valence-corrected chi connectivity index (χ0v) is 23.5. The first kappa shape index (κ1) is 28.3. The number of pyridine rings is 1. The summed E-state index contributed by atoms with van der Waals surface area (Å²) >= 11 is 6.24. The molecule has 1 aliphatic rings. The summed E-state index contributed by atoms with van der Waals surface area (Å²) in [6.45, 7) is 7.12. The number of aliphatic hydroxyl groups excluding tert-OH is 1. The molecule has 1 fully saturated rings. The number of piperazine rings is 1. The van der Waals surface area contributed by atoms with Crippen LogP contribution in [-0.4, -0.2) is 75.2 Å². The highest BCUT2D eigenvalue weighted by molar-refractivity contribution is 6.34. The summed E-state index contributed by atoms with van der Waals surface area (Å²) in [6, 6.07) is 13.5. The molecule has 41 heavy (non-hydrogen) atoms. The van der Waals surface area contributed by atoms with Crippen molar-refractivity contribution >= 4 is 40.9 Å². The van der Waals surface area contributed by atoms with Gasteiger partial charge in [-0.2, -0.15) is 15.0 Å². The molecule has 2 aromatic heterocycles. The highest BCUT2D eigenvalue weighted by atomic mass is 35.5. The lowest BCUT2D eigenvalue weighted by molar-refractivity contribution is 0.102. The van der Waals surface area contributed by atoms with Crippen molar-refractivity contribution in [1.82, 2.24) is 24.8 Å². The van der Waals surface area contributed by atoms with E-state index in [-0.39, 0.29) is 24.3 Å². The fourth-order valence-electron chi connectivity index (χ4n) is 4.43. The van der Waals surface area contributed by atoms with Crippen LogP contribution in [0.15, 0.2) is 54.7 Å². The van der Waals surface area contributed by atoms with Gasteiger partial charge in [0, 0.05) is 44.5 Å². The second-order valence-corrected chi connectivity index (χ2v) is 10.1. The molecule has 4 aromatic rings.